The van der Waals surface area contributed by atoms with Crippen molar-refractivity contribution < 1.29 is 47.6 Å². The molecule has 0 spiro atoms. The third kappa shape index (κ3) is 13.5. The highest BCUT2D eigenvalue weighted by molar-refractivity contribution is 5.87. The van der Waals surface area contributed by atoms with E-state index in [0.717, 1.165) is 16.7 Å². The van der Waals surface area contributed by atoms with E-state index in [1.165, 1.54) is 6.92 Å². The van der Waals surface area contributed by atoms with Gasteiger partial charge in [0.25, 0.3) is 0 Å². The van der Waals surface area contributed by atoms with Crippen molar-refractivity contribution in [3.05, 3.63) is 108 Å². The standard InChI is InChI=1S/C44H58N2O10/c1-7-44(41(49)52-8-2,46-42(50)56-43(4,5)6)26-18-25-35(48)38-37(45-31(3)47)40(54-29-34-23-16-11-17-24-34)39(53-28-33-21-14-10-15-22-33)36(55-38)30-51-27-32-19-12-9-13-20-32/h9-17,19-24,36-40H,7-8,18,25-30H2,1-6H3,(H,45,47)(H,46,50)/t36-,37+,38+,39-,40-,44-/m1/s1. The minimum atomic E-state index is -1.44. The Bertz CT molecular complexity index is 1670. The Morgan fingerprint density at radius 3 is 1.79 bits per heavy atom. The van der Waals surface area contributed by atoms with Gasteiger partial charge in [-0.1, -0.05) is 97.9 Å². The molecule has 1 saturated heterocycles. The largest absolute Gasteiger partial charge is 0.464 e. The zero-order chi connectivity index (χ0) is 40.6. The molecule has 304 valence electrons. The molecule has 56 heavy (non-hydrogen) atoms. The van der Waals surface area contributed by atoms with Gasteiger partial charge in [-0.3, -0.25) is 9.59 Å². The lowest BCUT2D eigenvalue weighted by atomic mass is 9.86. The molecule has 4 rings (SSSR count). The van der Waals surface area contributed by atoms with Gasteiger partial charge in [0.1, 0.15) is 35.6 Å². The zero-order valence-electron chi connectivity index (χ0n) is 33.5. The monoisotopic (exact) mass is 774 g/mol. The highest BCUT2D eigenvalue weighted by atomic mass is 16.6. The number of ketones is 1. The summed E-state index contributed by atoms with van der Waals surface area (Å²) in [7, 11) is 0. The van der Waals surface area contributed by atoms with Gasteiger partial charge in [-0.15, -0.1) is 0 Å². The molecule has 1 fully saturated rings. The van der Waals surface area contributed by atoms with Crippen LogP contribution in [0, 0.1) is 0 Å². The summed E-state index contributed by atoms with van der Waals surface area (Å²) in [6.45, 7) is 10.9. The first kappa shape index (κ1) is 44.1. The summed E-state index contributed by atoms with van der Waals surface area (Å²) in [4.78, 5) is 53.4. The van der Waals surface area contributed by atoms with Crippen molar-refractivity contribution in [1.29, 1.82) is 0 Å². The number of Topliss-reactive ketones (excluding diaryl/α,β-unsaturated/α-hetero) is 1. The van der Waals surface area contributed by atoms with Crippen LogP contribution in [0.3, 0.4) is 0 Å². The number of esters is 1. The van der Waals surface area contributed by atoms with Gasteiger partial charge in [0.15, 0.2) is 5.78 Å². The predicted molar refractivity (Wildman–Crippen MR) is 210 cm³/mol. The van der Waals surface area contributed by atoms with Gasteiger partial charge in [-0.2, -0.15) is 0 Å². The second kappa shape index (κ2) is 21.6. The predicted octanol–water partition coefficient (Wildman–Crippen LogP) is 6.62. The van der Waals surface area contributed by atoms with Crippen molar-refractivity contribution in [2.75, 3.05) is 13.2 Å². The van der Waals surface area contributed by atoms with Crippen molar-refractivity contribution in [2.24, 2.45) is 0 Å². The quantitative estimate of drug-likeness (QED) is 0.120. The minimum absolute atomic E-state index is 0.0452. The van der Waals surface area contributed by atoms with Crippen LogP contribution in [-0.4, -0.2) is 78.6 Å². The van der Waals surface area contributed by atoms with Crippen LogP contribution in [0.25, 0.3) is 0 Å². The van der Waals surface area contributed by atoms with Crippen LogP contribution in [0.4, 0.5) is 4.79 Å². The van der Waals surface area contributed by atoms with Gasteiger partial charge >= 0.3 is 12.1 Å². The number of amides is 2. The Kier molecular flexibility index (Phi) is 17.0. The fraction of sp³-hybridized carbons (Fsp3) is 0.500. The SMILES string of the molecule is CCOC(=O)[C@@](CC)(CCCC(=O)[C@@H]1O[C@H](COCc2ccccc2)[C@@H](OCc2ccccc2)[C@H](OCc2ccccc2)[C@H]1NC(C)=O)NC(=O)OC(C)(C)C. The molecule has 0 radical (unpaired) electrons. The van der Waals surface area contributed by atoms with Crippen LogP contribution in [0.15, 0.2) is 91.0 Å². The molecular formula is C44H58N2O10. The molecule has 0 unspecified atom stereocenters. The van der Waals surface area contributed by atoms with Gasteiger partial charge in [-0.05, 0) is 63.6 Å². The average Bonchev–Trinajstić information content (AvgIpc) is 3.17. The van der Waals surface area contributed by atoms with Crippen molar-refractivity contribution in [3.63, 3.8) is 0 Å². The number of carbonyl (C=O) groups excluding carboxylic acids is 4. The molecule has 3 aromatic rings. The number of carbonyl (C=O) groups is 4. The maximum atomic E-state index is 14.4. The lowest BCUT2D eigenvalue weighted by Crippen LogP contribution is -2.67. The van der Waals surface area contributed by atoms with Crippen molar-refractivity contribution >= 4 is 23.8 Å². The summed E-state index contributed by atoms with van der Waals surface area (Å²) >= 11 is 0. The number of hydrogen-bond acceptors (Lipinski definition) is 10. The molecule has 12 nitrogen and oxygen atoms in total. The van der Waals surface area contributed by atoms with Gasteiger partial charge in [-0.25, -0.2) is 9.59 Å². The zero-order valence-corrected chi connectivity index (χ0v) is 33.5. The Balaban J connectivity index is 1.63. The lowest BCUT2D eigenvalue weighted by Gasteiger charge is -2.46. The lowest BCUT2D eigenvalue weighted by molar-refractivity contribution is -0.230. The van der Waals surface area contributed by atoms with E-state index in [1.807, 2.05) is 91.0 Å². The van der Waals surface area contributed by atoms with E-state index in [9.17, 15) is 19.2 Å². The van der Waals surface area contributed by atoms with Crippen LogP contribution in [-0.2, 0) is 62.6 Å². The third-order valence-corrected chi connectivity index (χ3v) is 9.38. The topological polar surface area (TPSA) is 148 Å². The molecule has 12 heteroatoms. The molecular weight excluding hydrogens is 716 g/mol. The van der Waals surface area contributed by atoms with E-state index in [4.69, 9.17) is 28.4 Å². The number of benzene rings is 3. The Hall–Kier alpha value is -4.62. The number of alkyl carbamates (subject to hydrolysis) is 1. The van der Waals surface area contributed by atoms with E-state index in [-0.39, 0.29) is 63.8 Å². The molecule has 2 N–H and O–H groups in total. The molecule has 1 heterocycles. The second-order valence-electron chi connectivity index (χ2n) is 14.9. The van der Waals surface area contributed by atoms with Gasteiger partial charge in [0.2, 0.25) is 5.91 Å². The number of rotatable bonds is 20. The summed E-state index contributed by atoms with van der Waals surface area (Å²) in [5.74, 6) is -1.31. The Morgan fingerprint density at radius 1 is 0.750 bits per heavy atom. The summed E-state index contributed by atoms with van der Waals surface area (Å²) in [6.07, 6.45) is -3.86. The molecule has 2 amide bonds. The molecule has 0 bridgehead atoms. The van der Waals surface area contributed by atoms with Crippen molar-refractivity contribution in [2.45, 2.75) is 129 Å². The Morgan fingerprint density at radius 2 is 1.29 bits per heavy atom. The Labute approximate surface area is 330 Å². The highest BCUT2D eigenvalue weighted by Crippen LogP contribution is 2.31. The molecule has 0 aliphatic carbocycles. The van der Waals surface area contributed by atoms with Crippen molar-refractivity contribution in [1.82, 2.24) is 10.6 Å². The minimum Gasteiger partial charge on any atom is -0.464 e. The second-order valence-corrected chi connectivity index (χ2v) is 14.9. The molecule has 3 aromatic carbocycles. The van der Waals surface area contributed by atoms with Crippen LogP contribution >= 0.6 is 0 Å². The first-order valence-corrected chi connectivity index (χ1v) is 19.4. The van der Waals surface area contributed by atoms with Crippen molar-refractivity contribution in [3.8, 4) is 0 Å². The van der Waals surface area contributed by atoms with Gasteiger partial charge in [0.05, 0.1) is 39.1 Å². The normalized spacial score (nSPS) is 20.6. The fourth-order valence-corrected chi connectivity index (χ4v) is 6.64. The first-order valence-electron chi connectivity index (χ1n) is 19.4. The first-order chi connectivity index (χ1) is 26.8. The maximum Gasteiger partial charge on any atom is 0.408 e. The van der Waals surface area contributed by atoms with E-state index in [1.54, 1.807) is 34.6 Å². The van der Waals surface area contributed by atoms with E-state index in [2.05, 4.69) is 10.6 Å². The van der Waals surface area contributed by atoms with Gasteiger partial charge in [0, 0.05) is 13.3 Å². The van der Waals surface area contributed by atoms with E-state index >= 15 is 0 Å². The van der Waals surface area contributed by atoms with Crippen LogP contribution in [0.2, 0.25) is 0 Å². The number of nitrogens with one attached hydrogen (secondary N) is 2. The molecule has 0 aromatic heterocycles. The molecule has 6 atom stereocenters. The third-order valence-electron chi connectivity index (χ3n) is 9.38. The molecule has 1 aliphatic rings. The van der Waals surface area contributed by atoms with E-state index in [0.29, 0.717) is 6.61 Å². The summed E-state index contributed by atoms with van der Waals surface area (Å²) in [5.41, 5.74) is 0.554. The number of ether oxygens (including phenoxy) is 6. The molecule has 1 aliphatic heterocycles. The van der Waals surface area contributed by atoms with Crippen LogP contribution < -0.4 is 10.6 Å². The van der Waals surface area contributed by atoms with Gasteiger partial charge < -0.3 is 39.1 Å². The van der Waals surface area contributed by atoms with E-state index < -0.39 is 53.7 Å². The van der Waals surface area contributed by atoms with Crippen LogP contribution in [0.1, 0.15) is 83.9 Å². The molecule has 0 saturated carbocycles. The maximum absolute atomic E-state index is 14.4. The fourth-order valence-electron chi connectivity index (χ4n) is 6.64. The number of hydrogen-bond donors (Lipinski definition) is 2. The summed E-state index contributed by atoms with van der Waals surface area (Å²) < 4.78 is 36.9. The smallest absolute Gasteiger partial charge is 0.408 e. The summed E-state index contributed by atoms with van der Waals surface area (Å²) in [6, 6.07) is 28.1. The average molecular weight is 775 g/mol. The summed E-state index contributed by atoms with van der Waals surface area (Å²) in [5, 5.41) is 5.69. The van der Waals surface area contributed by atoms with Crippen LogP contribution in [0.5, 0.6) is 0 Å². The highest BCUT2D eigenvalue weighted by Gasteiger charge is 2.50.